The number of benzene rings is 1. The highest BCUT2D eigenvalue weighted by Gasteiger charge is 2.17. The number of pyridine rings is 2. The molecule has 0 aliphatic heterocycles. The largest absolute Gasteiger partial charge is 0.351 e. The van der Waals surface area contributed by atoms with Gasteiger partial charge in [-0.2, -0.15) is 0 Å². The van der Waals surface area contributed by atoms with Gasteiger partial charge in [0.2, 0.25) is 10.0 Å². The molecule has 0 aliphatic rings. The molecule has 140 valence electrons. The number of hydrogen-bond donors (Lipinski definition) is 1. The van der Waals surface area contributed by atoms with Crippen molar-refractivity contribution in [1.29, 1.82) is 0 Å². The molecule has 7 heteroatoms. The Morgan fingerprint density at radius 3 is 2.48 bits per heavy atom. The average molecular weight is 382 g/mol. The summed E-state index contributed by atoms with van der Waals surface area (Å²) in [5, 5.41) is 0. The SMILES string of the molecule is Cc1cnccc1S(=O)(=O)NCCN(Cc1ccccc1)c1ccccn1. The monoisotopic (exact) mass is 382 g/mol. The van der Waals surface area contributed by atoms with Gasteiger partial charge in [0.25, 0.3) is 0 Å². The van der Waals surface area contributed by atoms with Crippen molar-refractivity contribution in [2.24, 2.45) is 0 Å². The summed E-state index contributed by atoms with van der Waals surface area (Å²) in [6.07, 6.45) is 4.76. The number of sulfonamides is 1. The first-order valence-electron chi connectivity index (χ1n) is 8.66. The summed E-state index contributed by atoms with van der Waals surface area (Å²) in [5.41, 5.74) is 1.76. The zero-order valence-electron chi connectivity index (χ0n) is 15.1. The van der Waals surface area contributed by atoms with Crippen LogP contribution in [-0.2, 0) is 16.6 Å². The molecule has 3 rings (SSSR count). The zero-order valence-corrected chi connectivity index (χ0v) is 15.9. The summed E-state index contributed by atoms with van der Waals surface area (Å²) in [4.78, 5) is 10.7. The first kappa shape index (κ1) is 19.0. The van der Waals surface area contributed by atoms with Crippen molar-refractivity contribution in [2.45, 2.75) is 18.4 Å². The Morgan fingerprint density at radius 1 is 1.00 bits per heavy atom. The van der Waals surface area contributed by atoms with E-state index in [1.165, 1.54) is 12.3 Å². The van der Waals surface area contributed by atoms with Gasteiger partial charge in [-0.15, -0.1) is 0 Å². The third kappa shape index (κ3) is 5.12. The molecule has 2 aromatic heterocycles. The van der Waals surface area contributed by atoms with Gasteiger partial charge in [-0.1, -0.05) is 36.4 Å². The van der Waals surface area contributed by atoms with E-state index in [4.69, 9.17) is 0 Å². The van der Waals surface area contributed by atoms with Crippen molar-refractivity contribution < 1.29 is 8.42 Å². The van der Waals surface area contributed by atoms with E-state index in [1.54, 1.807) is 19.3 Å². The molecule has 2 heterocycles. The fourth-order valence-electron chi connectivity index (χ4n) is 2.77. The molecule has 0 atom stereocenters. The Balaban J connectivity index is 1.70. The Labute approximate surface area is 160 Å². The second-order valence-electron chi connectivity index (χ2n) is 6.13. The predicted molar refractivity (Wildman–Crippen MR) is 106 cm³/mol. The van der Waals surface area contributed by atoms with Crippen LogP contribution in [0, 0.1) is 6.92 Å². The van der Waals surface area contributed by atoms with Crippen LogP contribution >= 0.6 is 0 Å². The predicted octanol–water partition coefficient (Wildman–Crippen LogP) is 2.77. The van der Waals surface area contributed by atoms with Gasteiger partial charge in [-0.25, -0.2) is 18.1 Å². The maximum atomic E-state index is 12.6. The van der Waals surface area contributed by atoms with Gasteiger partial charge in [0.15, 0.2) is 0 Å². The van der Waals surface area contributed by atoms with Crippen molar-refractivity contribution in [1.82, 2.24) is 14.7 Å². The van der Waals surface area contributed by atoms with E-state index in [0.717, 1.165) is 11.4 Å². The summed E-state index contributed by atoms with van der Waals surface area (Å²) in [6, 6.07) is 17.2. The average Bonchev–Trinajstić information content (AvgIpc) is 2.69. The molecule has 1 aromatic carbocycles. The number of aromatic nitrogens is 2. The third-order valence-electron chi connectivity index (χ3n) is 4.12. The van der Waals surface area contributed by atoms with E-state index in [2.05, 4.69) is 19.6 Å². The van der Waals surface area contributed by atoms with Crippen LogP contribution in [0.1, 0.15) is 11.1 Å². The number of nitrogens with one attached hydrogen (secondary N) is 1. The van der Waals surface area contributed by atoms with Crippen molar-refractivity contribution in [3.63, 3.8) is 0 Å². The highest BCUT2D eigenvalue weighted by atomic mass is 32.2. The maximum absolute atomic E-state index is 12.6. The minimum absolute atomic E-state index is 0.255. The summed E-state index contributed by atoms with van der Waals surface area (Å²) < 4.78 is 27.8. The molecule has 0 saturated carbocycles. The first-order valence-corrected chi connectivity index (χ1v) is 10.1. The van der Waals surface area contributed by atoms with Crippen LogP contribution in [0.3, 0.4) is 0 Å². The summed E-state index contributed by atoms with van der Waals surface area (Å²) >= 11 is 0. The van der Waals surface area contributed by atoms with E-state index in [1.807, 2.05) is 48.5 Å². The van der Waals surface area contributed by atoms with Crippen LogP contribution < -0.4 is 9.62 Å². The topological polar surface area (TPSA) is 75.2 Å². The van der Waals surface area contributed by atoms with Crippen LogP contribution in [0.4, 0.5) is 5.82 Å². The third-order valence-corrected chi connectivity index (χ3v) is 5.74. The van der Waals surface area contributed by atoms with E-state index >= 15 is 0 Å². The molecule has 0 amide bonds. The molecule has 0 fully saturated rings. The van der Waals surface area contributed by atoms with Gasteiger partial charge in [0.05, 0.1) is 4.90 Å². The molecule has 0 unspecified atom stereocenters. The molecule has 0 radical (unpaired) electrons. The van der Waals surface area contributed by atoms with E-state index < -0.39 is 10.0 Å². The van der Waals surface area contributed by atoms with Gasteiger partial charge in [0.1, 0.15) is 5.82 Å². The lowest BCUT2D eigenvalue weighted by Crippen LogP contribution is -2.35. The second-order valence-corrected chi connectivity index (χ2v) is 7.87. The van der Waals surface area contributed by atoms with Crippen molar-refractivity contribution in [3.8, 4) is 0 Å². The molecular formula is C20H22N4O2S. The highest BCUT2D eigenvalue weighted by Crippen LogP contribution is 2.15. The molecule has 3 aromatic rings. The normalized spacial score (nSPS) is 11.3. The zero-order chi connectivity index (χ0) is 19.1. The molecule has 27 heavy (non-hydrogen) atoms. The Kier molecular flexibility index (Phi) is 6.16. The number of hydrogen-bond acceptors (Lipinski definition) is 5. The lowest BCUT2D eigenvalue weighted by Gasteiger charge is -2.24. The maximum Gasteiger partial charge on any atom is 0.240 e. The van der Waals surface area contributed by atoms with Gasteiger partial charge < -0.3 is 4.90 Å². The highest BCUT2D eigenvalue weighted by molar-refractivity contribution is 7.89. The number of rotatable bonds is 8. The molecule has 0 saturated heterocycles. The van der Waals surface area contributed by atoms with E-state index in [0.29, 0.717) is 18.7 Å². The number of aryl methyl sites for hydroxylation is 1. The summed E-state index contributed by atoms with van der Waals surface area (Å²) in [5.74, 6) is 0.806. The molecule has 6 nitrogen and oxygen atoms in total. The van der Waals surface area contributed by atoms with Gasteiger partial charge in [0, 0.05) is 38.2 Å². The summed E-state index contributed by atoms with van der Waals surface area (Å²) in [7, 11) is -3.58. The van der Waals surface area contributed by atoms with Gasteiger partial charge >= 0.3 is 0 Å². The first-order chi connectivity index (χ1) is 13.1. The molecule has 0 spiro atoms. The smallest absolute Gasteiger partial charge is 0.240 e. The lowest BCUT2D eigenvalue weighted by atomic mass is 10.2. The molecule has 0 aliphatic carbocycles. The van der Waals surface area contributed by atoms with Crippen LogP contribution in [0.25, 0.3) is 0 Å². The number of nitrogens with zero attached hydrogens (tertiary/aromatic N) is 3. The lowest BCUT2D eigenvalue weighted by molar-refractivity contribution is 0.579. The van der Waals surface area contributed by atoms with Crippen molar-refractivity contribution in [3.05, 3.63) is 84.3 Å². The van der Waals surface area contributed by atoms with E-state index in [9.17, 15) is 8.42 Å². The quantitative estimate of drug-likeness (QED) is 0.648. The van der Waals surface area contributed by atoms with Crippen molar-refractivity contribution in [2.75, 3.05) is 18.0 Å². The fraction of sp³-hybridized carbons (Fsp3) is 0.200. The standard InChI is InChI=1S/C20H22N4O2S/c1-17-15-21-12-10-19(17)27(25,26)23-13-14-24(20-9-5-6-11-22-20)16-18-7-3-2-4-8-18/h2-12,15,23H,13-14,16H2,1H3. The van der Waals surface area contributed by atoms with E-state index in [-0.39, 0.29) is 11.4 Å². The minimum Gasteiger partial charge on any atom is -0.351 e. The van der Waals surface area contributed by atoms with Crippen LogP contribution in [0.5, 0.6) is 0 Å². The van der Waals surface area contributed by atoms with Crippen LogP contribution in [0.15, 0.2) is 78.1 Å². The minimum atomic E-state index is -3.58. The Bertz CT molecular complexity index is 964. The van der Waals surface area contributed by atoms with Crippen LogP contribution in [-0.4, -0.2) is 31.5 Å². The number of anilines is 1. The van der Waals surface area contributed by atoms with Crippen molar-refractivity contribution >= 4 is 15.8 Å². The summed E-state index contributed by atoms with van der Waals surface area (Å²) in [6.45, 7) is 3.15. The van der Waals surface area contributed by atoms with Crippen LogP contribution in [0.2, 0.25) is 0 Å². The fourth-order valence-corrected chi connectivity index (χ4v) is 4.01. The Hall–Kier alpha value is -2.77. The molecular weight excluding hydrogens is 360 g/mol. The van der Waals surface area contributed by atoms with Gasteiger partial charge in [-0.3, -0.25) is 4.98 Å². The second kappa shape index (κ2) is 8.75. The Morgan fingerprint density at radius 2 is 1.78 bits per heavy atom. The van der Waals surface area contributed by atoms with Gasteiger partial charge in [-0.05, 0) is 36.2 Å². The molecule has 1 N–H and O–H groups in total. The molecule has 0 bridgehead atoms.